The van der Waals surface area contributed by atoms with Crippen LogP contribution >= 0.6 is 0 Å². The van der Waals surface area contributed by atoms with E-state index in [4.69, 9.17) is 15.0 Å². The van der Waals surface area contributed by atoms with Gasteiger partial charge in [-0.05, 0) is 12.1 Å². The van der Waals surface area contributed by atoms with Gasteiger partial charge in [0.1, 0.15) is 10.6 Å². The summed E-state index contributed by atoms with van der Waals surface area (Å²) in [4.78, 5) is -0.423. The third kappa shape index (κ3) is 2.10. The Balaban J connectivity index is 3.29. The zero-order chi connectivity index (χ0) is 10.1. The Labute approximate surface area is 75.9 Å². The SMILES string of the molecule is COc1ccc(S(=O)(=O)O)c([NH])c1. The first-order chi connectivity index (χ1) is 5.95. The van der Waals surface area contributed by atoms with E-state index in [0.29, 0.717) is 5.75 Å². The molecule has 13 heavy (non-hydrogen) atoms. The summed E-state index contributed by atoms with van der Waals surface area (Å²) in [5.74, 6) is 0.373. The van der Waals surface area contributed by atoms with E-state index in [1.807, 2.05) is 0 Å². The van der Waals surface area contributed by atoms with Crippen molar-refractivity contribution in [1.82, 2.24) is 5.73 Å². The highest BCUT2D eigenvalue weighted by molar-refractivity contribution is 7.86. The predicted octanol–water partition coefficient (Wildman–Crippen LogP) is 0.856. The van der Waals surface area contributed by atoms with Crippen molar-refractivity contribution in [3.8, 4) is 5.75 Å². The van der Waals surface area contributed by atoms with Gasteiger partial charge in [-0.15, -0.1) is 0 Å². The van der Waals surface area contributed by atoms with Crippen LogP contribution in [0.3, 0.4) is 0 Å². The van der Waals surface area contributed by atoms with Crippen LogP contribution < -0.4 is 10.5 Å². The van der Waals surface area contributed by atoms with Gasteiger partial charge in [0.15, 0.2) is 0 Å². The molecule has 71 valence electrons. The van der Waals surface area contributed by atoms with E-state index < -0.39 is 15.0 Å². The Kier molecular flexibility index (Phi) is 2.44. The van der Waals surface area contributed by atoms with Crippen molar-refractivity contribution in [1.29, 1.82) is 0 Å². The largest absolute Gasteiger partial charge is 0.497 e. The molecule has 0 amide bonds. The van der Waals surface area contributed by atoms with E-state index in [0.717, 1.165) is 6.07 Å². The number of ether oxygens (including phenoxy) is 1. The lowest BCUT2D eigenvalue weighted by atomic mass is 10.3. The number of hydrogen-bond donors (Lipinski definition) is 1. The van der Waals surface area contributed by atoms with Crippen LogP contribution in [0.2, 0.25) is 0 Å². The smallest absolute Gasteiger partial charge is 0.296 e. The fourth-order valence-electron chi connectivity index (χ4n) is 0.861. The van der Waals surface area contributed by atoms with Crippen molar-refractivity contribution in [3.05, 3.63) is 18.2 Å². The van der Waals surface area contributed by atoms with Crippen molar-refractivity contribution in [3.63, 3.8) is 0 Å². The summed E-state index contributed by atoms with van der Waals surface area (Å²) in [7, 11) is -2.90. The highest BCUT2D eigenvalue weighted by Crippen LogP contribution is 2.24. The minimum Gasteiger partial charge on any atom is -0.497 e. The van der Waals surface area contributed by atoms with Crippen LogP contribution in [0.5, 0.6) is 5.75 Å². The number of nitrogens with one attached hydrogen (secondary N) is 1. The zero-order valence-corrected chi connectivity index (χ0v) is 7.63. The lowest BCUT2D eigenvalue weighted by molar-refractivity contribution is 0.414. The summed E-state index contributed by atoms with van der Waals surface area (Å²) in [5.41, 5.74) is 6.96. The van der Waals surface area contributed by atoms with E-state index in [1.165, 1.54) is 19.2 Å². The van der Waals surface area contributed by atoms with Gasteiger partial charge >= 0.3 is 0 Å². The topological polar surface area (TPSA) is 87.4 Å². The zero-order valence-electron chi connectivity index (χ0n) is 6.81. The second-order valence-corrected chi connectivity index (χ2v) is 3.73. The van der Waals surface area contributed by atoms with Crippen LogP contribution in [0.4, 0.5) is 5.69 Å². The molecule has 6 heteroatoms. The molecular formula is C7H8NO4S. The van der Waals surface area contributed by atoms with Crippen LogP contribution in [0.25, 0.3) is 0 Å². The van der Waals surface area contributed by atoms with Gasteiger partial charge in [-0.3, -0.25) is 10.3 Å². The predicted molar refractivity (Wildman–Crippen MR) is 45.6 cm³/mol. The van der Waals surface area contributed by atoms with E-state index in [1.54, 1.807) is 0 Å². The fourth-order valence-corrected chi connectivity index (χ4v) is 1.44. The van der Waals surface area contributed by atoms with Gasteiger partial charge < -0.3 is 4.74 Å². The first kappa shape index (κ1) is 9.82. The van der Waals surface area contributed by atoms with E-state index in [-0.39, 0.29) is 5.69 Å². The molecule has 0 aliphatic heterocycles. The standard InChI is InChI=1S/C7H8NO4S/c1-12-5-2-3-7(6(8)4-5)13(9,10)11/h2-4,8H,1H3,(H,9,10,11). The summed E-state index contributed by atoms with van der Waals surface area (Å²) in [6, 6.07) is 3.70. The normalized spacial score (nSPS) is 11.2. The molecule has 0 fully saturated rings. The monoisotopic (exact) mass is 202 g/mol. The molecule has 1 radical (unpaired) electrons. The maximum atomic E-state index is 10.6. The van der Waals surface area contributed by atoms with Crippen molar-refractivity contribution in [2.75, 3.05) is 7.11 Å². The van der Waals surface area contributed by atoms with Crippen LogP contribution in [-0.4, -0.2) is 20.1 Å². The molecule has 2 N–H and O–H groups in total. The lowest BCUT2D eigenvalue weighted by Crippen LogP contribution is -1.99. The van der Waals surface area contributed by atoms with Crippen molar-refractivity contribution in [2.24, 2.45) is 0 Å². The highest BCUT2D eigenvalue weighted by Gasteiger charge is 2.14. The van der Waals surface area contributed by atoms with Gasteiger partial charge in [0.25, 0.3) is 10.1 Å². The molecule has 0 saturated carbocycles. The first-order valence-electron chi connectivity index (χ1n) is 3.32. The number of hydrogen-bond acceptors (Lipinski definition) is 3. The first-order valence-corrected chi connectivity index (χ1v) is 4.76. The summed E-state index contributed by atoms with van der Waals surface area (Å²) in [6.07, 6.45) is 0. The summed E-state index contributed by atoms with van der Waals surface area (Å²) in [5, 5.41) is 0. The Hall–Kier alpha value is -1.27. The minimum absolute atomic E-state index is 0.290. The average molecular weight is 202 g/mol. The Morgan fingerprint density at radius 1 is 1.46 bits per heavy atom. The van der Waals surface area contributed by atoms with Crippen LogP contribution in [0.15, 0.2) is 23.1 Å². The van der Waals surface area contributed by atoms with Gasteiger partial charge in [-0.1, -0.05) is 0 Å². The Morgan fingerprint density at radius 3 is 2.46 bits per heavy atom. The number of methoxy groups -OCH3 is 1. The molecule has 0 bridgehead atoms. The van der Waals surface area contributed by atoms with Gasteiger partial charge in [-0.25, -0.2) is 0 Å². The molecule has 1 aromatic rings. The quantitative estimate of drug-likeness (QED) is 0.720. The van der Waals surface area contributed by atoms with Gasteiger partial charge in [0.2, 0.25) is 0 Å². The van der Waals surface area contributed by atoms with Crippen molar-refractivity contribution < 1.29 is 17.7 Å². The molecule has 1 aromatic carbocycles. The van der Waals surface area contributed by atoms with Gasteiger partial charge in [0.05, 0.1) is 12.8 Å². The maximum absolute atomic E-state index is 10.6. The van der Waals surface area contributed by atoms with Crippen LogP contribution in [-0.2, 0) is 10.1 Å². The summed E-state index contributed by atoms with van der Waals surface area (Å²) >= 11 is 0. The van der Waals surface area contributed by atoms with Crippen molar-refractivity contribution in [2.45, 2.75) is 4.90 Å². The fraction of sp³-hybridized carbons (Fsp3) is 0.143. The molecule has 0 aliphatic carbocycles. The third-order valence-electron chi connectivity index (χ3n) is 1.46. The molecule has 5 nitrogen and oxygen atoms in total. The van der Waals surface area contributed by atoms with Gasteiger partial charge in [-0.2, -0.15) is 8.42 Å². The molecule has 0 saturated heterocycles. The molecule has 0 unspecified atom stereocenters. The number of benzene rings is 1. The average Bonchev–Trinajstić information content (AvgIpc) is 2.01. The Morgan fingerprint density at radius 2 is 2.08 bits per heavy atom. The molecular weight excluding hydrogens is 194 g/mol. The molecule has 0 heterocycles. The number of rotatable bonds is 2. The lowest BCUT2D eigenvalue weighted by Gasteiger charge is -2.03. The second kappa shape index (κ2) is 3.23. The molecule has 0 aromatic heterocycles. The maximum Gasteiger partial charge on any atom is 0.296 e. The summed E-state index contributed by atoms with van der Waals surface area (Å²) < 4.78 is 34.7. The molecule has 0 aliphatic rings. The Bertz CT molecular complexity index is 413. The summed E-state index contributed by atoms with van der Waals surface area (Å²) in [6.45, 7) is 0. The van der Waals surface area contributed by atoms with E-state index in [9.17, 15) is 8.42 Å². The van der Waals surface area contributed by atoms with Crippen LogP contribution in [0.1, 0.15) is 0 Å². The second-order valence-electron chi connectivity index (χ2n) is 2.34. The molecule has 1 rings (SSSR count). The molecule has 0 spiro atoms. The minimum atomic E-state index is -4.30. The van der Waals surface area contributed by atoms with E-state index >= 15 is 0 Å². The van der Waals surface area contributed by atoms with Crippen molar-refractivity contribution >= 4 is 15.8 Å². The third-order valence-corrected chi connectivity index (χ3v) is 2.38. The molecule has 0 atom stereocenters. The van der Waals surface area contributed by atoms with E-state index in [2.05, 4.69) is 0 Å². The highest BCUT2D eigenvalue weighted by atomic mass is 32.2. The van der Waals surface area contributed by atoms with Gasteiger partial charge in [0, 0.05) is 6.07 Å². The van der Waals surface area contributed by atoms with Crippen LogP contribution in [0, 0.1) is 0 Å².